The largest absolute Gasteiger partial charge is 0.398 e. The van der Waals surface area contributed by atoms with E-state index in [0.717, 1.165) is 17.3 Å². The van der Waals surface area contributed by atoms with Crippen LogP contribution < -0.4 is 11.1 Å². The molecule has 0 spiro atoms. The van der Waals surface area contributed by atoms with Gasteiger partial charge in [-0.2, -0.15) is 0 Å². The molecule has 0 aliphatic heterocycles. The molecule has 4 heteroatoms. The number of nitrogen functional groups attached to an aromatic ring is 1. The van der Waals surface area contributed by atoms with Gasteiger partial charge in [-0.05, 0) is 47.0 Å². The van der Waals surface area contributed by atoms with Crippen molar-refractivity contribution in [2.75, 3.05) is 5.73 Å². The summed E-state index contributed by atoms with van der Waals surface area (Å²) < 4.78 is 0.826. The molecular formula is C13H17BrN2O. The number of benzene rings is 1. The van der Waals surface area contributed by atoms with Gasteiger partial charge in [-0.25, -0.2) is 0 Å². The molecule has 3 nitrogen and oxygen atoms in total. The number of anilines is 1. The van der Waals surface area contributed by atoms with Gasteiger partial charge in [0.2, 0.25) is 0 Å². The maximum absolute atomic E-state index is 12.0. The Morgan fingerprint density at radius 3 is 2.65 bits per heavy atom. The third-order valence-corrected chi connectivity index (χ3v) is 3.92. The molecule has 1 amide bonds. The second kappa shape index (κ2) is 5.54. The average Bonchev–Trinajstić information content (AvgIpc) is 2.34. The van der Waals surface area contributed by atoms with Gasteiger partial charge in [0.05, 0.1) is 0 Å². The van der Waals surface area contributed by atoms with Crippen LogP contribution in [0.2, 0.25) is 0 Å². The van der Waals surface area contributed by atoms with Crippen LogP contribution in [0.1, 0.15) is 42.5 Å². The van der Waals surface area contributed by atoms with Crippen molar-refractivity contribution >= 4 is 27.5 Å². The summed E-state index contributed by atoms with van der Waals surface area (Å²) in [5.74, 6) is -0.0175. The van der Waals surface area contributed by atoms with E-state index in [1.54, 1.807) is 12.1 Å². The molecule has 0 aromatic heterocycles. The van der Waals surface area contributed by atoms with Crippen molar-refractivity contribution in [2.45, 2.75) is 38.1 Å². The van der Waals surface area contributed by atoms with Gasteiger partial charge in [0.15, 0.2) is 0 Å². The number of rotatable bonds is 2. The van der Waals surface area contributed by atoms with Crippen LogP contribution in [-0.4, -0.2) is 11.9 Å². The lowest BCUT2D eigenvalue weighted by atomic mass is 9.95. The van der Waals surface area contributed by atoms with Gasteiger partial charge in [-0.1, -0.05) is 19.3 Å². The highest BCUT2D eigenvalue weighted by Crippen LogP contribution is 2.21. The van der Waals surface area contributed by atoms with Crippen molar-refractivity contribution < 1.29 is 4.79 Å². The highest BCUT2D eigenvalue weighted by atomic mass is 79.9. The summed E-state index contributed by atoms with van der Waals surface area (Å²) in [6.07, 6.45) is 5.91. The third kappa shape index (κ3) is 3.22. The van der Waals surface area contributed by atoms with Gasteiger partial charge in [0.25, 0.3) is 5.91 Å². The first kappa shape index (κ1) is 12.4. The predicted octanol–water partition coefficient (Wildman–Crippen LogP) is 3.09. The van der Waals surface area contributed by atoms with Gasteiger partial charge >= 0.3 is 0 Å². The minimum atomic E-state index is -0.0175. The van der Waals surface area contributed by atoms with Crippen molar-refractivity contribution in [3.63, 3.8) is 0 Å². The first-order valence-electron chi connectivity index (χ1n) is 6.02. The molecule has 92 valence electrons. The van der Waals surface area contributed by atoms with Crippen LogP contribution in [0.5, 0.6) is 0 Å². The maximum atomic E-state index is 12.0. The zero-order valence-corrected chi connectivity index (χ0v) is 11.3. The van der Waals surface area contributed by atoms with Crippen molar-refractivity contribution in [2.24, 2.45) is 0 Å². The van der Waals surface area contributed by atoms with E-state index in [1.807, 2.05) is 6.07 Å². The van der Waals surface area contributed by atoms with Crippen molar-refractivity contribution in [1.82, 2.24) is 5.32 Å². The van der Waals surface area contributed by atoms with Crippen molar-refractivity contribution in [3.05, 3.63) is 28.2 Å². The average molecular weight is 297 g/mol. The molecule has 1 aliphatic rings. The molecule has 1 aliphatic carbocycles. The van der Waals surface area contributed by atoms with Crippen LogP contribution in [-0.2, 0) is 0 Å². The Balaban J connectivity index is 2.01. The fourth-order valence-electron chi connectivity index (χ4n) is 2.20. The second-order valence-electron chi connectivity index (χ2n) is 4.54. The molecule has 0 atom stereocenters. The molecule has 1 saturated carbocycles. The molecule has 17 heavy (non-hydrogen) atoms. The first-order valence-corrected chi connectivity index (χ1v) is 6.82. The highest BCUT2D eigenvalue weighted by Gasteiger charge is 2.16. The van der Waals surface area contributed by atoms with Crippen LogP contribution in [0.15, 0.2) is 22.7 Å². The topological polar surface area (TPSA) is 55.1 Å². The lowest BCUT2D eigenvalue weighted by Gasteiger charge is -2.22. The molecule has 1 fully saturated rings. The molecule has 0 unspecified atom stereocenters. The zero-order chi connectivity index (χ0) is 12.3. The van der Waals surface area contributed by atoms with Crippen LogP contribution in [0.4, 0.5) is 5.69 Å². The van der Waals surface area contributed by atoms with Gasteiger partial charge < -0.3 is 11.1 Å². The number of nitrogens with two attached hydrogens (primary N) is 1. The third-order valence-electron chi connectivity index (χ3n) is 3.20. The van der Waals surface area contributed by atoms with Crippen LogP contribution in [0, 0.1) is 0 Å². The van der Waals surface area contributed by atoms with E-state index in [2.05, 4.69) is 21.2 Å². The number of amides is 1. The Bertz CT molecular complexity index is 414. The quantitative estimate of drug-likeness (QED) is 0.824. The number of carbonyl (C=O) groups is 1. The van der Waals surface area contributed by atoms with Gasteiger partial charge in [0.1, 0.15) is 0 Å². The lowest BCUT2D eigenvalue weighted by Crippen LogP contribution is -2.36. The van der Waals surface area contributed by atoms with Crippen molar-refractivity contribution in [1.29, 1.82) is 0 Å². The lowest BCUT2D eigenvalue weighted by molar-refractivity contribution is 0.0928. The van der Waals surface area contributed by atoms with E-state index in [0.29, 0.717) is 17.3 Å². The molecular weight excluding hydrogens is 280 g/mol. The molecule has 0 bridgehead atoms. The fourth-order valence-corrected chi connectivity index (χ4v) is 2.45. The summed E-state index contributed by atoms with van der Waals surface area (Å²) in [5.41, 5.74) is 7.00. The summed E-state index contributed by atoms with van der Waals surface area (Å²) >= 11 is 3.32. The molecule has 0 heterocycles. The number of halogens is 1. The first-order chi connectivity index (χ1) is 8.16. The molecule has 1 aromatic carbocycles. The normalized spacial score (nSPS) is 16.8. The monoisotopic (exact) mass is 296 g/mol. The SMILES string of the molecule is Nc1cc(C(=O)NC2CCCCC2)ccc1Br. The Kier molecular flexibility index (Phi) is 4.05. The number of carbonyl (C=O) groups excluding carboxylic acids is 1. The van der Waals surface area contributed by atoms with E-state index >= 15 is 0 Å². The van der Waals surface area contributed by atoms with Crippen LogP contribution in [0.3, 0.4) is 0 Å². The standard InChI is InChI=1S/C13H17BrN2O/c14-11-7-6-9(8-12(11)15)13(17)16-10-4-2-1-3-5-10/h6-8,10H,1-5,15H2,(H,16,17). The summed E-state index contributed by atoms with van der Waals surface area (Å²) in [7, 11) is 0. The minimum Gasteiger partial charge on any atom is -0.398 e. The Labute approximate surface area is 110 Å². The van der Waals surface area contributed by atoms with E-state index < -0.39 is 0 Å². The number of nitrogens with one attached hydrogen (secondary N) is 1. The molecule has 0 radical (unpaired) electrons. The van der Waals surface area contributed by atoms with Gasteiger partial charge in [-0.3, -0.25) is 4.79 Å². The summed E-state index contributed by atoms with van der Waals surface area (Å²) in [4.78, 5) is 12.0. The summed E-state index contributed by atoms with van der Waals surface area (Å²) in [6.45, 7) is 0. The number of hydrogen-bond donors (Lipinski definition) is 2. The molecule has 3 N–H and O–H groups in total. The molecule has 1 aromatic rings. The van der Waals surface area contributed by atoms with E-state index in [4.69, 9.17) is 5.73 Å². The second-order valence-corrected chi connectivity index (χ2v) is 5.40. The smallest absolute Gasteiger partial charge is 0.251 e. The zero-order valence-electron chi connectivity index (χ0n) is 9.71. The Hall–Kier alpha value is -1.03. The minimum absolute atomic E-state index is 0.0175. The van der Waals surface area contributed by atoms with E-state index in [-0.39, 0.29) is 5.91 Å². The predicted molar refractivity (Wildman–Crippen MR) is 72.9 cm³/mol. The van der Waals surface area contributed by atoms with Crippen LogP contribution in [0.25, 0.3) is 0 Å². The van der Waals surface area contributed by atoms with E-state index in [9.17, 15) is 4.79 Å². The van der Waals surface area contributed by atoms with Crippen molar-refractivity contribution in [3.8, 4) is 0 Å². The maximum Gasteiger partial charge on any atom is 0.251 e. The highest BCUT2D eigenvalue weighted by molar-refractivity contribution is 9.10. The molecule has 2 rings (SSSR count). The van der Waals surface area contributed by atoms with Crippen LogP contribution >= 0.6 is 15.9 Å². The number of hydrogen-bond acceptors (Lipinski definition) is 2. The van der Waals surface area contributed by atoms with Gasteiger partial charge in [-0.15, -0.1) is 0 Å². The van der Waals surface area contributed by atoms with Gasteiger partial charge in [0, 0.05) is 21.8 Å². The summed E-state index contributed by atoms with van der Waals surface area (Å²) in [5, 5.41) is 3.07. The Morgan fingerprint density at radius 2 is 2.00 bits per heavy atom. The Morgan fingerprint density at radius 1 is 1.29 bits per heavy atom. The molecule has 0 saturated heterocycles. The van der Waals surface area contributed by atoms with E-state index in [1.165, 1.54) is 19.3 Å². The summed E-state index contributed by atoms with van der Waals surface area (Å²) in [6, 6.07) is 5.65. The fraction of sp³-hybridized carbons (Fsp3) is 0.462.